The molecule has 1 fully saturated rings. The highest BCUT2D eigenvalue weighted by molar-refractivity contribution is 7.92. The van der Waals surface area contributed by atoms with E-state index in [0.717, 1.165) is 32.2 Å². The molecular formula is C14H19ClN2O3S. The Kier molecular flexibility index (Phi) is 4.78. The summed E-state index contributed by atoms with van der Waals surface area (Å²) in [6.07, 6.45) is 3.07. The Hall–Kier alpha value is -1.27. The summed E-state index contributed by atoms with van der Waals surface area (Å²) in [7, 11) is -3.39. The van der Waals surface area contributed by atoms with E-state index >= 15 is 0 Å². The van der Waals surface area contributed by atoms with Crippen LogP contribution in [0.2, 0.25) is 5.02 Å². The molecule has 0 bridgehead atoms. The van der Waals surface area contributed by atoms with Gasteiger partial charge < -0.3 is 4.90 Å². The number of rotatable bonds is 3. The van der Waals surface area contributed by atoms with Crippen molar-refractivity contribution in [3.8, 4) is 0 Å². The zero-order valence-corrected chi connectivity index (χ0v) is 13.7. The lowest BCUT2D eigenvalue weighted by Gasteiger charge is -2.30. The van der Waals surface area contributed by atoms with Crippen molar-refractivity contribution in [1.82, 2.24) is 4.90 Å². The average Bonchev–Trinajstić information content (AvgIpc) is 2.40. The van der Waals surface area contributed by atoms with Crippen molar-refractivity contribution in [3.63, 3.8) is 0 Å². The van der Waals surface area contributed by atoms with Crippen molar-refractivity contribution in [2.45, 2.75) is 19.8 Å². The molecule has 0 spiro atoms. The zero-order valence-electron chi connectivity index (χ0n) is 12.1. The Labute approximate surface area is 130 Å². The number of hydrogen-bond acceptors (Lipinski definition) is 3. The predicted octanol–water partition coefficient (Wildman–Crippen LogP) is 2.58. The predicted molar refractivity (Wildman–Crippen MR) is 84.2 cm³/mol. The highest BCUT2D eigenvalue weighted by Crippen LogP contribution is 2.25. The molecule has 0 atom stereocenters. The van der Waals surface area contributed by atoms with Crippen molar-refractivity contribution in [2.75, 3.05) is 24.1 Å². The Bertz CT molecular complexity index is 638. The van der Waals surface area contributed by atoms with E-state index in [-0.39, 0.29) is 16.6 Å². The van der Waals surface area contributed by atoms with Gasteiger partial charge in [-0.2, -0.15) is 0 Å². The van der Waals surface area contributed by atoms with Crippen molar-refractivity contribution in [2.24, 2.45) is 5.92 Å². The number of carbonyl (C=O) groups is 1. The summed E-state index contributed by atoms with van der Waals surface area (Å²) in [6, 6.07) is 4.62. The number of likely N-dealkylation sites (tertiary alicyclic amines) is 1. The van der Waals surface area contributed by atoms with Gasteiger partial charge in [-0.15, -0.1) is 0 Å². The van der Waals surface area contributed by atoms with E-state index in [1.807, 2.05) is 4.90 Å². The fraction of sp³-hybridized carbons (Fsp3) is 0.500. The van der Waals surface area contributed by atoms with Crippen LogP contribution < -0.4 is 4.72 Å². The average molecular weight is 331 g/mol. The van der Waals surface area contributed by atoms with Crippen molar-refractivity contribution in [1.29, 1.82) is 0 Å². The first-order chi connectivity index (χ1) is 9.76. The summed E-state index contributed by atoms with van der Waals surface area (Å²) >= 11 is 6.04. The standard InChI is InChI=1S/C14H19ClN2O3S/c1-10-5-7-17(8-6-10)14(18)11-3-4-13(12(15)9-11)16-21(2,19)20/h3-4,9-10,16H,5-8H2,1-2H3. The minimum absolute atomic E-state index is 0.0605. The molecule has 1 amide bonds. The first-order valence-electron chi connectivity index (χ1n) is 6.83. The second-order valence-electron chi connectivity index (χ2n) is 5.54. The van der Waals surface area contributed by atoms with E-state index in [1.165, 1.54) is 12.1 Å². The van der Waals surface area contributed by atoms with E-state index in [2.05, 4.69) is 11.6 Å². The van der Waals surface area contributed by atoms with Gasteiger partial charge in [0, 0.05) is 18.7 Å². The first kappa shape index (κ1) is 16.1. The van der Waals surface area contributed by atoms with Gasteiger partial charge in [-0.05, 0) is 37.0 Å². The van der Waals surface area contributed by atoms with Crippen LogP contribution in [0.1, 0.15) is 30.1 Å². The van der Waals surface area contributed by atoms with Gasteiger partial charge in [0.25, 0.3) is 5.91 Å². The molecule has 1 aromatic carbocycles. The lowest BCUT2D eigenvalue weighted by Crippen LogP contribution is -2.37. The lowest BCUT2D eigenvalue weighted by molar-refractivity contribution is 0.0697. The monoisotopic (exact) mass is 330 g/mol. The zero-order chi connectivity index (χ0) is 15.6. The summed E-state index contributed by atoms with van der Waals surface area (Å²) in [5, 5.41) is 0.219. The molecule has 7 heteroatoms. The van der Waals surface area contributed by atoms with E-state index in [9.17, 15) is 13.2 Å². The minimum Gasteiger partial charge on any atom is -0.339 e. The third kappa shape index (κ3) is 4.35. The quantitative estimate of drug-likeness (QED) is 0.926. The second-order valence-corrected chi connectivity index (χ2v) is 7.70. The molecular weight excluding hydrogens is 312 g/mol. The number of halogens is 1. The van der Waals surface area contributed by atoms with Crippen LogP contribution in [0.15, 0.2) is 18.2 Å². The van der Waals surface area contributed by atoms with Crippen LogP contribution in [0.3, 0.4) is 0 Å². The van der Waals surface area contributed by atoms with Gasteiger partial charge in [-0.3, -0.25) is 9.52 Å². The topological polar surface area (TPSA) is 66.5 Å². The number of hydrogen-bond donors (Lipinski definition) is 1. The van der Waals surface area contributed by atoms with Gasteiger partial charge in [-0.1, -0.05) is 18.5 Å². The molecule has 2 rings (SSSR count). The van der Waals surface area contributed by atoms with Crippen LogP contribution in [0.25, 0.3) is 0 Å². The van der Waals surface area contributed by atoms with Gasteiger partial charge in [0.2, 0.25) is 10.0 Å². The van der Waals surface area contributed by atoms with Crippen LogP contribution in [0, 0.1) is 5.92 Å². The normalized spacial score (nSPS) is 16.8. The highest BCUT2D eigenvalue weighted by atomic mass is 35.5. The number of carbonyl (C=O) groups excluding carboxylic acids is 1. The summed E-state index contributed by atoms with van der Waals surface area (Å²) in [6.45, 7) is 3.69. The van der Waals surface area contributed by atoms with Crippen molar-refractivity contribution in [3.05, 3.63) is 28.8 Å². The van der Waals surface area contributed by atoms with Crippen LogP contribution in [-0.2, 0) is 10.0 Å². The third-order valence-electron chi connectivity index (χ3n) is 3.58. The number of benzene rings is 1. The van der Waals surface area contributed by atoms with Gasteiger partial charge in [-0.25, -0.2) is 8.42 Å². The minimum atomic E-state index is -3.39. The molecule has 1 heterocycles. The molecule has 0 radical (unpaired) electrons. The van der Waals surface area contributed by atoms with E-state index < -0.39 is 10.0 Å². The van der Waals surface area contributed by atoms with Crippen molar-refractivity contribution >= 4 is 33.2 Å². The Morgan fingerprint density at radius 2 is 1.95 bits per heavy atom. The number of nitrogens with one attached hydrogen (secondary N) is 1. The molecule has 1 aliphatic heterocycles. The third-order valence-corrected chi connectivity index (χ3v) is 4.49. The number of amides is 1. The Balaban J connectivity index is 2.14. The van der Waals surface area contributed by atoms with Crippen LogP contribution in [0.4, 0.5) is 5.69 Å². The molecule has 0 saturated carbocycles. The van der Waals surface area contributed by atoms with Crippen LogP contribution in [-0.4, -0.2) is 38.6 Å². The van der Waals surface area contributed by atoms with E-state index in [4.69, 9.17) is 11.6 Å². The first-order valence-corrected chi connectivity index (χ1v) is 9.10. The van der Waals surface area contributed by atoms with Gasteiger partial charge in [0.1, 0.15) is 0 Å². The van der Waals surface area contributed by atoms with Gasteiger partial charge in [0.05, 0.1) is 17.0 Å². The molecule has 0 unspecified atom stereocenters. The fourth-order valence-electron chi connectivity index (χ4n) is 2.32. The number of anilines is 1. The maximum atomic E-state index is 12.4. The molecule has 5 nitrogen and oxygen atoms in total. The molecule has 1 aliphatic rings. The van der Waals surface area contributed by atoms with Crippen molar-refractivity contribution < 1.29 is 13.2 Å². The molecule has 1 N–H and O–H groups in total. The van der Waals surface area contributed by atoms with E-state index in [0.29, 0.717) is 11.5 Å². The molecule has 116 valence electrons. The number of piperidine rings is 1. The van der Waals surface area contributed by atoms with Gasteiger partial charge in [0.15, 0.2) is 0 Å². The summed E-state index contributed by atoms with van der Waals surface area (Å²) in [4.78, 5) is 14.2. The lowest BCUT2D eigenvalue weighted by atomic mass is 9.98. The highest BCUT2D eigenvalue weighted by Gasteiger charge is 2.22. The molecule has 1 aromatic rings. The molecule has 1 saturated heterocycles. The SMILES string of the molecule is CC1CCN(C(=O)c2ccc(NS(C)(=O)=O)c(Cl)c2)CC1. The smallest absolute Gasteiger partial charge is 0.253 e. The van der Waals surface area contributed by atoms with Crippen LogP contribution in [0.5, 0.6) is 0 Å². The molecule has 21 heavy (non-hydrogen) atoms. The Morgan fingerprint density at radius 3 is 2.48 bits per heavy atom. The summed E-state index contributed by atoms with van der Waals surface area (Å²) < 4.78 is 24.7. The maximum Gasteiger partial charge on any atom is 0.253 e. The second kappa shape index (κ2) is 6.23. The largest absolute Gasteiger partial charge is 0.339 e. The van der Waals surface area contributed by atoms with E-state index in [1.54, 1.807) is 6.07 Å². The summed E-state index contributed by atoms with van der Waals surface area (Å²) in [5.74, 6) is 0.591. The fourth-order valence-corrected chi connectivity index (χ4v) is 3.19. The van der Waals surface area contributed by atoms with Crippen LogP contribution >= 0.6 is 11.6 Å². The Morgan fingerprint density at radius 1 is 1.33 bits per heavy atom. The maximum absolute atomic E-state index is 12.4. The molecule has 0 aliphatic carbocycles. The van der Waals surface area contributed by atoms with Gasteiger partial charge >= 0.3 is 0 Å². The number of nitrogens with zero attached hydrogens (tertiary/aromatic N) is 1. The number of sulfonamides is 1. The molecule has 0 aromatic heterocycles. The summed E-state index contributed by atoms with van der Waals surface area (Å²) in [5.41, 5.74) is 0.761.